The molecular formula is C12H18BrNO3S. The summed E-state index contributed by atoms with van der Waals surface area (Å²) in [6.07, 6.45) is -0.0634. The van der Waals surface area contributed by atoms with E-state index in [0.29, 0.717) is 12.6 Å². The number of hydrogen-bond acceptors (Lipinski definition) is 5. The van der Waals surface area contributed by atoms with Crippen LogP contribution < -0.4 is 4.74 Å². The molecule has 1 aromatic heterocycles. The molecule has 18 heavy (non-hydrogen) atoms. The van der Waals surface area contributed by atoms with E-state index < -0.39 is 0 Å². The Morgan fingerprint density at radius 3 is 3.06 bits per heavy atom. The van der Waals surface area contributed by atoms with Crippen LogP contribution in [-0.4, -0.2) is 49.0 Å². The van der Waals surface area contributed by atoms with Crippen LogP contribution in [0.15, 0.2) is 10.5 Å². The second-order valence-corrected chi connectivity index (χ2v) is 6.42. The summed E-state index contributed by atoms with van der Waals surface area (Å²) in [4.78, 5) is 3.59. The molecule has 0 spiro atoms. The molecule has 0 unspecified atom stereocenters. The lowest BCUT2D eigenvalue weighted by atomic mass is 10.2. The average molecular weight is 336 g/mol. The van der Waals surface area contributed by atoms with Crippen molar-refractivity contribution in [2.75, 3.05) is 26.9 Å². The molecule has 0 bridgehead atoms. The third-order valence-corrected chi connectivity index (χ3v) is 5.02. The molecule has 0 saturated carbocycles. The summed E-state index contributed by atoms with van der Waals surface area (Å²) in [5, 5.41) is 10.1. The van der Waals surface area contributed by atoms with Gasteiger partial charge >= 0.3 is 0 Å². The highest BCUT2D eigenvalue weighted by Gasteiger charge is 2.26. The number of morpholine rings is 1. The Labute approximate surface area is 120 Å². The van der Waals surface area contributed by atoms with Gasteiger partial charge in [-0.25, -0.2) is 0 Å². The van der Waals surface area contributed by atoms with Gasteiger partial charge in [0.25, 0.3) is 0 Å². The third kappa shape index (κ3) is 3.24. The molecule has 2 rings (SSSR count). The Morgan fingerprint density at radius 1 is 1.67 bits per heavy atom. The quantitative estimate of drug-likeness (QED) is 0.914. The fourth-order valence-electron chi connectivity index (χ4n) is 2.02. The van der Waals surface area contributed by atoms with E-state index in [9.17, 15) is 5.11 Å². The summed E-state index contributed by atoms with van der Waals surface area (Å²) >= 11 is 5.13. The molecule has 1 fully saturated rings. The van der Waals surface area contributed by atoms with Gasteiger partial charge in [0, 0.05) is 24.0 Å². The molecule has 2 atom stereocenters. The Bertz CT molecular complexity index is 399. The molecule has 1 aromatic rings. The molecule has 0 radical (unpaired) electrons. The minimum absolute atomic E-state index is 0.0634. The maximum atomic E-state index is 9.17. The van der Waals surface area contributed by atoms with Gasteiger partial charge in [-0.2, -0.15) is 0 Å². The van der Waals surface area contributed by atoms with E-state index in [1.54, 1.807) is 18.4 Å². The molecule has 1 saturated heterocycles. The van der Waals surface area contributed by atoms with Crippen molar-refractivity contribution >= 4 is 27.3 Å². The summed E-state index contributed by atoms with van der Waals surface area (Å²) in [5.41, 5.74) is 0. The average Bonchev–Trinajstić information content (AvgIpc) is 2.72. The van der Waals surface area contributed by atoms with Crippen LogP contribution in [0.2, 0.25) is 0 Å². The molecule has 0 aliphatic carbocycles. The van der Waals surface area contributed by atoms with Gasteiger partial charge in [-0.05, 0) is 28.9 Å². The van der Waals surface area contributed by atoms with E-state index in [1.807, 2.05) is 0 Å². The SMILES string of the molecule is COc1sc(CN2C[C@@H](CO)OC[C@H]2C)cc1Br. The van der Waals surface area contributed by atoms with Crippen molar-refractivity contribution < 1.29 is 14.6 Å². The van der Waals surface area contributed by atoms with E-state index in [2.05, 4.69) is 33.8 Å². The van der Waals surface area contributed by atoms with Crippen LogP contribution in [0.25, 0.3) is 0 Å². The Hall–Kier alpha value is -0.140. The van der Waals surface area contributed by atoms with Gasteiger partial charge in [-0.1, -0.05) is 0 Å². The highest BCUT2D eigenvalue weighted by atomic mass is 79.9. The Balaban J connectivity index is 2.02. The molecular weight excluding hydrogens is 318 g/mol. The maximum absolute atomic E-state index is 9.17. The summed E-state index contributed by atoms with van der Waals surface area (Å²) in [5.74, 6) is 0. The summed E-state index contributed by atoms with van der Waals surface area (Å²) in [7, 11) is 1.68. The van der Waals surface area contributed by atoms with Gasteiger partial charge < -0.3 is 14.6 Å². The molecule has 102 valence electrons. The van der Waals surface area contributed by atoms with Crippen LogP contribution in [0.5, 0.6) is 5.06 Å². The zero-order valence-corrected chi connectivity index (χ0v) is 13.0. The van der Waals surface area contributed by atoms with Crippen molar-refractivity contribution in [3.63, 3.8) is 0 Å². The van der Waals surface area contributed by atoms with Crippen molar-refractivity contribution in [3.05, 3.63) is 15.4 Å². The smallest absolute Gasteiger partial charge is 0.188 e. The fourth-order valence-corrected chi connectivity index (χ4v) is 3.74. The largest absolute Gasteiger partial charge is 0.486 e. The lowest BCUT2D eigenvalue weighted by Gasteiger charge is -2.37. The first kappa shape index (κ1) is 14.3. The van der Waals surface area contributed by atoms with Gasteiger partial charge in [-0.3, -0.25) is 4.90 Å². The number of aliphatic hydroxyl groups excluding tert-OH is 1. The molecule has 4 nitrogen and oxygen atoms in total. The summed E-state index contributed by atoms with van der Waals surface area (Å²) < 4.78 is 11.8. The molecule has 2 heterocycles. The number of thiophene rings is 1. The first-order chi connectivity index (χ1) is 8.63. The van der Waals surface area contributed by atoms with Crippen molar-refractivity contribution in [1.82, 2.24) is 4.90 Å². The molecule has 1 aliphatic rings. The second kappa shape index (κ2) is 6.34. The highest BCUT2D eigenvalue weighted by molar-refractivity contribution is 9.10. The summed E-state index contributed by atoms with van der Waals surface area (Å²) in [6.45, 7) is 4.55. The number of hydrogen-bond donors (Lipinski definition) is 1. The standard InChI is InChI=1S/C12H18BrNO3S/c1-8-7-17-9(6-15)4-14(8)5-10-3-11(13)12(16-2)18-10/h3,8-9,15H,4-7H2,1-2H3/t8-,9+/m1/s1. The number of aliphatic hydroxyl groups is 1. The van der Waals surface area contributed by atoms with E-state index >= 15 is 0 Å². The van der Waals surface area contributed by atoms with Gasteiger partial charge in [0.05, 0.1) is 30.9 Å². The van der Waals surface area contributed by atoms with Crippen LogP contribution in [-0.2, 0) is 11.3 Å². The third-order valence-electron chi connectivity index (χ3n) is 3.09. The van der Waals surface area contributed by atoms with Crippen LogP contribution in [0, 0.1) is 0 Å². The minimum atomic E-state index is -0.0634. The number of halogens is 1. The lowest BCUT2D eigenvalue weighted by Crippen LogP contribution is -2.48. The van der Waals surface area contributed by atoms with Gasteiger partial charge in [0.2, 0.25) is 0 Å². The number of ether oxygens (including phenoxy) is 2. The normalized spacial score (nSPS) is 25.3. The van der Waals surface area contributed by atoms with Crippen molar-refractivity contribution in [2.45, 2.75) is 25.6 Å². The van der Waals surface area contributed by atoms with Crippen molar-refractivity contribution in [3.8, 4) is 5.06 Å². The van der Waals surface area contributed by atoms with E-state index in [-0.39, 0.29) is 12.7 Å². The molecule has 0 amide bonds. The summed E-state index contributed by atoms with van der Waals surface area (Å²) in [6, 6.07) is 2.47. The zero-order chi connectivity index (χ0) is 13.1. The molecule has 1 aliphatic heterocycles. The van der Waals surface area contributed by atoms with Crippen LogP contribution in [0.1, 0.15) is 11.8 Å². The van der Waals surface area contributed by atoms with E-state index in [1.165, 1.54) is 4.88 Å². The minimum Gasteiger partial charge on any atom is -0.486 e. The van der Waals surface area contributed by atoms with E-state index in [4.69, 9.17) is 9.47 Å². The Kier molecular flexibility index (Phi) is 5.03. The van der Waals surface area contributed by atoms with Gasteiger partial charge in [0.1, 0.15) is 0 Å². The topological polar surface area (TPSA) is 41.9 Å². The predicted molar refractivity (Wildman–Crippen MR) is 75.3 cm³/mol. The molecule has 0 aromatic carbocycles. The van der Waals surface area contributed by atoms with Crippen molar-refractivity contribution in [2.24, 2.45) is 0 Å². The van der Waals surface area contributed by atoms with Crippen LogP contribution >= 0.6 is 27.3 Å². The van der Waals surface area contributed by atoms with E-state index in [0.717, 1.165) is 22.6 Å². The van der Waals surface area contributed by atoms with Crippen molar-refractivity contribution in [1.29, 1.82) is 0 Å². The van der Waals surface area contributed by atoms with Crippen LogP contribution in [0.3, 0.4) is 0 Å². The number of nitrogens with zero attached hydrogens (tertiary/aromatic N) is 1. The lowest BCUT2D eigenvalue weighted by molar-refractivity contribution is -0.0802. The second-order valence-electron chi connectivity index (χ2n) is 4.47. The first-order valence-electron chi connectivity index (χ1n) is 5.92. The maximum Gasteiger partial charge on any atom is 0.188 e. The van der Waals surface area contributed by atoms with Crippen LogP contribution in [0.4, 0.5) is 0 Å². The highest BCUT2D eigenvalue weighted by Crippen LogP contribution is 2.35. The van der Waals surface area contributed by atoms with Gasteiger partial charge in [0.15, 0.2) is 5.06 Å². The fraction of sp³-hybridized carbons (Fsp3) is 0.667. The monoisotopic (exact) mass is 335 g/mol. The number of methoxy groups -OCH3 is 1. The number of rotatable bonds is 4. The Morgan fingerprint density at radius 2 is 2.44 bits per heavy atom. The predicted octanol–water partition coefficient (Wildman–Crippen LogP) is 2.10. The molecule has 1 N–H and O–H groups in total. The zero-order valence-electron chi connectivity index (χ0n) is 10.6. The van der Waals surface area contributed by atoms with Gasteiger partial charge in [-0.15, -0.1) is 11.3 Å². The molecule has 6 heteroatoms. The first-order valence-corrected chi connectivity index (χ1v) is 7.53.